The number of thiazole rings is 1. The van der Waals surface area contributed by atoms with Crippen molar-refractivity contribution in [3.05, 3.63) is 103 Å². The zero-order valence-corrected chi connectivity index (χ0v) is 22.3. The Balaban J connectivity index is 1.91. The Hall–Kier alpha value is -3.36. The molecule has 0 saturated heterocycles. The number of carbonyl (C=O) groups excluding carboxylic acids is 1. The topological polar surface area (TPSA) is 69.9 Å². The van der Waals surface area contributed by atoms with Crippen LogP contribution < -0.4 is 19.6 Å². The molecule has 1 aliphatic rings. The fourth-order valence-electron chi connectivity index (χ4n) is 3.98. The molecule has 0 saturated carbocycles. The molecule has 0 N–H and O–H groups in total. The summed E-state index contributed by atoms with van der Waals surface area (Å²) in [4.78, 5) is 33.3. The highest BCUT2D eigenvalue weighted by Crippen LogP contribution is 2.32. The Morgan fingerprint density at radius 2 is 1.94 bits per heavy atom. The molecule has 0 fully saturated rings. The summed E-state index contributed by atoms with van der Waals surface area (Å²) in [5.41, 5.74) is 2.29. The number of hydrogen-bond acceptors (Lipinski definition) is 7. The van der Waals surface area contributed by atoms with Gasteiger partial charge >= 0.3 is 5.97 Å². The van der Waals surface area contributed by atoms with Crippen LogP contribution >= 0.6 is 23.1 Å². The first-order chi connectivity index (χ1) is 17.3. The third-order valence-electron chi connectivity index (χ3n) is 5.58. The van der Waals surface area contributed by atoms with Gasteiger partial charge in [-0.1, -0.05) is 54.3 Å². The fraction of sp³-hybridized carbons (Fsp3) is 0.250. The number of esters is 1. The molecule has 4 rings (SSSR count). The van der Waals surface area contributed by atoms with Crippen LogP contribution in [0.2, 0.25) is 0 Å². The second kappa shape index (κ2) is 11.1. The second-order valence-corrected chi connectivity index (χ2v) is 10.3. The molecule has 36 heavy (non-hydrogen) atoms. The molecule has 0 bridgehead atoms. The summed E-state index contributed by atoms with van der Waals surface area (Å²) in [6, 6.07) is 14.8. The number of benzene rings is 2. The summed E-state index contributed by atoms with van der Waals surface area (Å²) in [5, 5.41) is 0. The van der Waals surface area contributed by atoms with Crippen LogP contribution in [0.15, 0.2) is 87.1 Å². The third-order valence-corrected chi connectivity index (χ3v) is 7.30. The van der Waals surface area contributed by atoms with E-state index in [1.54, 1.807) is 43.2 Å². The van der Waals surface area contributed by atoms with E-state index in [4.69, 9.17) is 9.47 Å². The van der Waals surface area contributed by atoms with E-state index in [1.165, 1.54) is 11.3 Å². The van der Waals surface area contributed by atoms with Gasteiger partial charge in [0.1, 0.15) is 12.4 Å². The molecular formula is C28H28N2O4S2. The van der Waals surface area contributed by atoms with Crippen LogP contribution in [0.1, 0.15) is 37.9 Å². The maximum Gasteiger partial charge on any atom is 0.338 e. The van der Waals surface area contributed by atoms with Crippen molar-refractivity contribution in [3.8, 4) is 5.75 Å². The van der Waals surface area contributed by atoms with Crippen LogP contribution in [0.3, 0.4) is 0 Å². The molecule has 0 amide bonds. The standard InChI is InChI=1S/C28H28N2O4S2/c1-6-15-33-22-10-8-7-9-20(22)16-23-26(31)30-25(19-11-13-21(35-5)14-12-19)24(27(32)34-17(2)3)18(4)29-28(30)36-23/h6-14,16-17,25H,1,15H2,2-5H3/b23-16+/t25-/m1/s1. The van der Waals surface area contributed by atoms with E-state index in [9.17, 15) is 9.59 Å². The average molecular weight is 521 g/mol. The van der Waals surface area contributed by atoms with Gasteiger partial charge in [0.2, 0.25) is 0 Å². The molecule has 1 atom stereocenters. The number of thioether (sulfide) groups is 1. The van der Waals surface area contributed by atoms with Gasteiger partial charge in [-0.3, -0.25) is 9.36 Å². The largest absolute Gasteiger partial charge is 0.489 e. The minimum atomic E-state index is -0.641. The van der Waals surface area contributed by atoms with Crippen molar-refractivity contribution in [2.24, 2.45) is 4.99 Å². The van der Waals surface area contributed by atoms with Crippen molar-refractivity contribution in [1.82, 2.24) is 4.57 Å². The van der Waals surface area contributed by atoms with E-state index in [-0.39, 0.29) is 11.7 Å². The molecule has 0 aliphatic carbocycles. The SMILES string of the molecule is C=CCOc1ccccc1/C=c1/sc2n(c1=O)[C@H](c1ccc(SC)cc1)C(C(=O)OC(C)C)=C(C)N=2. The smallest absolute Gasteiger partial charge is 0.338 e. The van der Waals surface area contributed by atoms with Gasteiger partial charge in [0.25, 0.3) is 5.56 Å². The molecule has 1 aromatic heterocycles. The van der Waals surface area contributed by atoms with Gasteiger partial charge in [0.05, 0.1) is 27.9 Å². The van der Waals surface area contributed by atoms with Crippen LogP contribution in [0.5, 0.6) is 5.75 Å². The summed E-state index contributed by atoms with van der Waals surface area (Å²) >= 11 is 2.92. The zero-order valence-electron chi connectivity index (χ0n) is 20.7. The average Bonchev–Trinajstić information content (AvgIpc) is 3.16. The molecule has 1 aliphatic heterocycles. The van der Waals surface area contributed by atoms with Crippen LogP contribution in [0.4, 0.5) is 0 Å². The lowest BCUT2D eigenvalue weighted by Gasteiger charge is -2.25. The number of hydrogen-bond donors (Lipinski definition) is 0. The first kappa shape index (κ1) is 25.7. The highest BCUT2D eigenvalue weighted by Gasteiger charge is 2.33. The summed E-state index contributed by atoms with van der Waals surface area (Å²) in [5.74, 6) is 0.187. The number of ether oxygens (including phenoxy) is 2. The number of nitrogens with zero attached hydrogens (tertiary/aromatic N) is 2. The summed E-state index contributed by atoms with van der Waals surface area (Å²) < 4.78 is 13.4. The number of para-hydroxylation sites is 1. The number of allylic oxidation sites excluding steroid dienone is 1. The van der Waals surface area contributed by atoms with E-state index >= 15 is 0 Å². The van der Waals surface area contributed by atoms with Crippen molar-refractivity contribution in [2.45, 2.75) is 37.8 Å². The maximum atomic E-state index is 13.8. The summed E-state index contributed by atoms with van der Waals surface area (Å²) in [6.45, 7) is 9.45. The Bertz CT molecular complexity index is 1500. The Labute approximate surface area is 218 Å². The van der Waals surface area contributed by atoms with E-state index in [0.29, 0.717) is 33.0 Å². The monoisotopic (exact) mass is 520 g/mol. The lowest BCUT2D eigenvalue weighted by Crippen LogP contribution is -2.40. The van der Waals surface area contributed by atoms with Gasteiger partial charge in [-0.05, 0) is 56.9 Å². The van der Waals surface area contributed by atoms with Crippen molar-refractivity contribution in [1.29, 1.82) is 0 Å². The Morgan fingerprint density at radius 3 is 2.61 bits per heavy atom. The molecule has 2 heterocycles. The van der Waals surface area contributed by atoms with Gasteiger partial charge in [-0.2, -0.15) is 0 Å². The quantitative estimate of drug-likeness (QED) is 0.249. The lowest BCUT2D eigenvalue weighted by atomic mass is 9.96. The number of rotatable bonds is 8. The molecule has 0 unspecified atom stereocenters. The number of carbonyl (C=O) groups is 1. The van der Waals surface area contributed by atoms with Crippen LogP contribution in [-0.2, 0) is 9.53 Å². The third kappa shape index (κ3) is 5.24. The van der Waals surface area contributed by atoms with Crippen molar-refractivity contribution in [2.75, 3.05) is 12.9 Å². The van der Waals surface area contributed by atoms with Crippen LogP contribution in [0.25, 0.3) is 6.08 Å². The molecule has 2 aromatic carbocycles. The highest BCUT2D eigenvalue weighted by atomic mass is 32.2. The number of fused-ring (bicyclic) bond motifs is 1. The van der Waals surface area contributed by atoms with Crippen LogP contribution in [0, 0.1) is 0 Å². The molecule has 0 spiro atoms. The second-order valence-electron chi connectivity index (χ2n) is 8.45. The normalized spacial score (nSPS) is 15.5. The zero-order chi connectivity index (χ0) is 25.8. The van der Waals surface area contributed by atoms with Crippen molar-refractivity contribution >= 4 is 35.1 Å². The molecule has 3 aromatic rings. The van der Waals surface area contributed by atoms with Crippen LogP contribution in [-0.4, -0.2) is 29.5 Å². The minimum Gasteiger partial charge on any atom is -0.489 e. The van der Waals surface area contributed by atoms with Gasteiger partial charge in [-0.25, -0.2) is 9.79 Å². The van der Waals surface area contributed by atoms with Gasteiger partial charge < -0.3 is 9.47 Å². The minimum absolute atomic E-state index is 0.224. The first-order valence-corrected chi connectivity index (χ1v) is 13.6. The van der Waals surface area contributed by atoms with E-state index in [0.717, 1.165) is 16.0 Å². The lowest BCUT2D eigenvalue weighted by molar-refractivity contribution is -0.143. The van der Waals surface area contributed by atoms with E-state index < -0.39 is 12.0 Å². The Kier molecular flexibility index (Phi) is 7.96. The number of aromatic nitrogens is 1. The molecule has 0 radical (unpaired) electrons. The van der Waals surface area contributed by atoms with Crippen molar-refractivity contribution < 1.29 is 14.3 Å². The van der Waals surface area contributed by atoms with Gasteiger partial charge in [-0.15, -0.1) is 11.8 Å². The van der Waals surface area contributed by atoms with E-state index in [1.807, 2.05) is 60.9 Å². The molecule has 8 heteroatoms. The maximum absolute atomic E-state index is 13.8. The predicted octanol–water partition coefficient (Wildman–Crippen LogP) is 4.47. The van der Waals surface area contributed by atoms with Gasteiger partial charge in [0.15, 0.2) is 4.80 Å². The predicted molar refractivity (Wildman–Crippen MR) is 145 cm³/mol. The molecule has 186 valence electrons. The van der Waals surface area contributed by atoms with Crippen molar-refractivity contribution in [3.63, 3.8) is 0 Å². The Morgan fingerprint density at radius 1 is 1.22 bits per heavy atom. The summed E-state index contributed by atoms with van der Waals surface area (Å²) in [6.07, 6.45) is 5.19. The molecule has 6 nitrogen and oxygen atoms in total. The van der Waals surface area contributed by atoms with E-state index in [2.05, 4.69) is 11.6 Å². The molecular weight excluding hydrogens is 492 g/mol. The summed E-state index contributed by atoms with van der Waals surface area (Å²) in [7, 11) is 0. The first-order valence-electron chi connectivity index (χ1n) is 11.5. The fourth-order valence-corrected chi connectivity index (χ4v) is 5.43. The highest BCUT2D eigenvalue weighted by molar-refractivity contribution is 7.98. The van der Waals surface area contributed by atoms with Gasteiger partial charge in [0, 0.05) is 10.5 Å².